The minimum Gasteiger partial charge on any atom is -0.431 e. The summed E-state index contributed by atoms with van der Waals surface area (Å²) in [4.78, 5) is 17.3. The van der Waals surface area contributed by atoms with Crippen LogP contribution in [0, 0.1) is 0 Å². The highest BCUT2D eigenvalue weighted by Gasteiger charge is 2.21. The summed E-state index contributed by atoms with van der Waals surface area (Å²) < 4.78 is 5.74. The highest BCUT2D eigenvalue weighted by Crippen LogP contribution is 2.30. The molecule has 1 amide bonds. The van der Waals surface area contributed by atoms with Gasteiger partial charge in [0.05, 0.1) is 5.25 Å². The summed E-state index contributed by atoms with van der Waals surface area (Å²) in [6, 6.07) is 21.5. The molecule has 4 aromatic rings. The first-order valence-electron chi connectivity index (χ1n) is 8.55. The molecule has 0 unspecified atom stereocenters. The molecule has 0 bridgehead atoms. The summed E-state index contributed by atoms with van der Waals surface area (Å²) in [6.07, 6.45) is 0.681. The zero-order valence-corrected chi connectivity index (χ0v) is 15.1. The number of carbonyl (C=O) groups is 1. The van der Waals surface area contributed by atoms with Gasteiger partial charge in [-0.05, 0) is 30.0 Å². The summed E-state index contributed by atoms with van der Waals surface area (Å²) in [7, 11) is 0. The Hall–Kier alpha value is -2.79. The number of fused-ring (bicyclic) bond motifs is 2. The van der Waals surface area contributed by atoms with Gasteiger partial charge in [0.2, 0.25) is 5.91 Å². The highest BCUT2D eigenvalue weighted by molar-refractivity contribution is 8.00. The van der Waals surface area contributed by atoms with Crippen molar-refractivity contribution in [2.24, 2.45) is 0 Å². The van der Waals surface area contributed by atoms with E-state index in [-0.39, 0.29) is 11.2 Å². The van der Waals surface area contributed by atoms with Crippen molar-refractivity contribution in [1.29, 1.82) is 0 Å². The Balaban J connectivity index is 1.55. The van der Waals surface area contributed by atoms with Crippen molar-refractivity contribution in [3.05, 3.63) is 66.7 Å². The lowest BCUT2D eigenvalue weighted by Crippen LogP contribution is -2.24. The topological polar surface area (TPSA) is 55.1 Å². The van der Waals surface area contributed by atoms with Gasteiger partial charge >= 0.3 is 0 Å². The Morgan fingerprint density at radius 2 is 1.85 bits per heavy atom. The van der Waals surface area contributed by atoms with Crippen LogP contribution in [0.2, 0.25) is 0 Å². The van der Waals surface area contributed by atoms with Crippen molar-refractivity contribution in [3.8, 4) is 0 Å². The van der Waals surface area contributed by atoms with Crippen molar-refractivity contribution in [2.75, 3.05) is 5.32 Å². The van der Waals surface area contributed by atoms with Gasteiger partial charge in [-0.25, -0.2) is 4.98 Å². The molecule has 1 heterocycles. The standard InChI is InChI=1S/C21H18N2O2S/c1-2-19(26-21-23-17-11-5-6-13-18(17)25-21)20(24)22-16-12-7-9-14-8-3-4-10-15(14)16/h3-13,19H,2H2,1H3,(H,22,24)/t19-/m0/s1. The number of hydrogen-bond donors (Lipinski definition) is 1. The average Bonchev–Trinajstić information content (AvgIpc) is 3.09. The Labute approximate surface area is 155 Å². The minimum absolute atomic E-state index is 0.0453. The maximum Gasteiger partial charge on any atom is 0.257 e. The van der Waals surface area contributed by atoms with Crippen molar-refractivity contribution in [1.82, 2.24) is 4.98 Å². The molecule has 0 saturated heterocycles. The molecule has 0 aliphatic heterocycles. The number of nitrogens with zero attached hydrogens (tertiary/aromatic N) is 1. The molecule has 5 heteroatoms. The number of nitrogens with one attached hydrogen (secondary N) is 1. The van der Waals surface area contributed by atoms with Gasteiger partial charge in [-0.2, -0.15) is 0 Å². The fourth-order valence-electron chi connectivity index (χ4n) is 2.89. The van der Waals surface area contributed by atoms with E-state index in [1.807, 2.05) is 73.7 Å². The third-order valence-electron chi connectivity index (χ3n) is 4.23. The van der Waals surface area contributed by atoms with Crippen molar-refractivity contribution < 1.29 is 9.21 Å². The summed E-state index contributed by atoms with van der Waals surface area (Å²) in [5.74, 6) is -0.0453. The molecule has 0 fully saturated rings. The molecular weight excluding hydrogens is 344 g/mol. The van der Waals surface area contributed by atoms with E-state index < -0.39 is 0 Å². The van der Waals surface area contributed by atoms with E-state index in [1.165, 1.54) is 11.8 Å². The molecule has 4 rings (SSSR count). The van der Waals surface area contributed by atoms with Crippen molar-refractivity contribution in [2.45, 2.75) is 23.8 Å². The second-order valence-corrected chi connectivity index (χ2v) is 7.13. The van der Waals surface area contributed by atoms with Crippen LogP contribution < -0.4 is 5.32 Å². The first kappa shape index (κ1) is 16.7. The molecule has 0 spiro atoms. The van der Waals surface area contributed by atoms with E-state index in [0.717, 1.165) is 27.6 Å². The monoisotopic (exact) mass is 362 g/mol. The molecule has 0 radical (unpaired) electrons. The van der Waals surface area contributed by atoms with E-state index in [0.29, 0.717) is 11.6 Å². The lowest BCUT2D eigenvalue weighted by atomic mass is 10.1. The van der Waals surface area contributed by atoms with Crippen LogP contribution in [-0.2, 0) is 4.79 Å². The van der Waals surface area contributed by atoms with E-state index in [4.69, 9.17) is 4.42 Å². The van der Waals surface area contributed by atoms with Gasteiger partial charge in [-0.3, -0.25) is 4.79 Å². The summed E-state index contributed by atoms with van der Waals surface area (Å²) >= 11 is 1.36. The second-order valence-electron chi connectivity index (χ2n) is 5.98. The van der Waals surface area contributed by atoms with Crippen molar-refractivity contribution in [3.63, 3.8) is 0 Å². The first-order chi connectivity index (χ1) is 12.7. The normalized spacial score (nSPS) is 12.3. The Kier molecular flexibility index (Phi) is 4.63. The largest absolute Gasteiger partial charge is 0.431 e. The zero-order chi connectivity index (χ0) is 17.9. The zero-order valence-electron chi connectivity index (χ0n) is 14.3. The van der Waals surface area contributed by atoms with Crippen LogP contribution in [0.15, 0.2) is 76.4 Å². The quantitative estimate of drug-likeness (QED) is 0.477. The third kappa shape index (κ3) is 3.30. The van der Waals surface area contributed by atoms with Crippen LogP contribution in [0.1, 0.15) is 13.3 Å². The van der Waals surface area contributed by atoms with Gasteiger partial charge in [0.15, 0.2) is 5.58 Å². The molecule has 0 aliphatic carbocycles. The number of anilines is 1. The predicted molar refractivity (Wildman–Crippen MR) is 107 cm³/mol. The number of amides is 1. The minimum atomic E-state index is -0.276. The van der Waals surface area contributed by atoms with Crippen LogP contribution in [0.3, 0.4) is 0 Å². The smallest absolute Gasteiger partial charge is 0.257 e. The molecule has 4 nitrogen and oxygen atoms in total. The molecule has 130 valence electrons. The first-order valence-corrected chi connectivity index (χ1v) is 9.43. The van der Waals surface area contributed by atoms with Gasteiger partial charge in [0.1, 0.15) is 5.52 Å². The van der Waals surface area contributed by atoms with E-state index in [9.17, 15) is 4.79 Å². The van der Waals surface area contributed by atoms with Crippen LogP contribution in [0.5, 0.6) is 0 Å². The number of aromatic nitrogens is 1. The number of thioether (sulfide) groups is 1. The maximum atomic E-state index is 12.8. The number of benzene rings is 3. The Bertz CT molecular complexity index is 1040. The number of para-hydroxylation sites is 2. The molecule has 0 saturated carbocycles. The molecule has 1 N–H and O–H groups in total. The van der Waals surface area contributed by atoms with Gasteiger partial charge in [0.25, 0.3) is 5.22 Å². The van der Waals surface area contributed by atoms with Crippen molar-refractivity contribution >= 4 is 45.2 Å². The van der Waals surface area contributed by atoms with Crippen LogP contribution in [0.25, 0.3) is 21.9 Å². The van der Waals surface area contributed by atoms with E-state index in [2.05, 4.69) is 10.3 Å². The average molecular weight is 362 g/mol. The SMILES string of the molecule is CC[C@H](Sc1nc2ccccc2o1)C(=O)Nc1cccc2ccccc12. The molecule has 0 aliphatic rings. The maximum absolute atomic E-state index is 12.8. The molecule has 3 aromatic carbocycles. The number of rotatable bonds is 5. The van der Waals surface area contributed by atoms with Gasteiger partial charge in [-0.15, -0.1) is 0 Å². The molecule has 1 atom stereocenters. The predicted octanol–water partition coefficient (Wildman–Crippen LogP) is 5.49. The molecular formula is C21H18N2O2S. The van der Waals surface area contributed by atoms with E-state index >= 15 is 0 Å². The highest BCUT2D eigenvalue weighted by atomic mass is 32.2. The summed E-state index contributed by atoms with van der Waals surface area (Å²) in [5.41, 5.74) is 2.36. The number of hydrogen-bond acceptors (Lipinski definition) is 4. The second kappa shape index (κ2) is 7.22. The van der Waals surface area contributed by atoms with Gasteiger partial charge < -0.3 is 9.73 Å². The Morgan fingerprint density at radius 1 is 1.08 bits per heavy atom. The Morgan fingerprint density at radius 3 is 2.69 bits per heavy atom. The number of carbonyl (C=O) groups excluding carboxylic acids is 1. The van der Waals surface area contributed by atoms with Crippen LogP contribution in [-0.4, -0.2) is 16.1 Å². The summed E-state index contributed by atoms with van der Waals surface area (Å²) in [5, 5.41) is 5.44. The van der Waals surface area contributed by atoms with Crippen LogP contribution in [0.4, 0.5) is 5.69 Å². The number of oxazole rings is 1. The fraction of sp³-hybridized carbons (Fsp3) is 0.143. The van der Waals surface area contributed by atoms with Gasteiger partial charge in [-0.1, -0.05) is 67.2 Å². The van der Waals surface area contributed by atoms with E-state index in [1.54, 1.807) is 0 Å². The van der Waals surface area contributed by atoms with Gasteiger partial charge in [0, 0.05) is 11.1 Å². The molecule has 26 heavy (non-hydrogen) atoms. The summed E-state index contributed by atoms with van der Waals surface area (Å²) in [6.45, 7) is 1.99. The lowest BCUT2D eigenvalue weighted by molar-refractivity contribution is -0.115. The molecule has 1 aromatic heterocycles. The van der Waals surface area contributed by atoms with Crippen LogP contribution >= 0.6 is 11.8 Å². The fourth-order valence-corrected chi connectivity index (χ4v) is 3.76. The third-order valence-corrected chi connectivity index (χ3v) is 5.44. The lowest BCUT2D eigenvalue weighted by Gasteiger charge is -2.14.